The molecule has 0 aliphatic heterocycles. The highest BCUT2D eigenvalue weighted by molar-refractivity contribution is 5.77. The fraction of sp³-hybridized carbons (Fsp3) is 0.500. The van der Waals surface area contributed by atoms with Crippen LogP contribution in [0.2, 0.25) is 0 Å². The summed E-state index contributed by atoms with van der Waals surface area (Å²) < 4.78 is 0. The molecule has 5 heteroatoms. The van der Waals surface area contributed by atoms with Gasteiger partial charge in [-0.1, -0.05) is 13.2 Å². The van der Waals surface area contributed by atoms with Crippen LogP contribution in [0, 0.1) is 0 Å². The summed E-state index contributed by atoms with van der Waals surface area (Å²) >= 11 is 0. The zero-order chi connectivity index (χ0) is 12.2. The maximum absolute atomic E-state index is 11.0. The number of nitrogens with zero attached hydrogens (tertiary/aromatic N) is 1. The first kappa shape index (κ1) is 13.5. The van der Waals surface area contributed by atoms with Crippen molar-refractivity contribution in [3.63, 3.8) is 0 Å². The summed E-state index contributed by atoms with van der Waals surface area (Å²) in [4.78, 5) is 12.3. The van der Waals surface area contributed by atoms with E-state index in [1.54, 1.807) is 0 Å². The molecule has 0 unspecified atom stereocenters. The van der Waals surface area contributed by atoms with Gasteiger partial charge in [-0.05, 0) is 13.8 Å². The van der Waals surface area contributed by atoms with Gasteiger partial charge in [-0.25, -0.2) is 0 Å². The lowest BCUT2D eigenvalue weighted by Gasteiger charge is -2.34. The van der Waals surface area contributed by atoms with Gasteiger partial charge in [0.25, 0.3) is 0 Å². The molecule has 15 heavy (non-hydrogen) atoms. The third-order valence-electron chi connectivity index (χ3n) is 2.06. The number of carboxylic acids is 1. The lowest BCUT2D eigenvalue weighted by atomic mass is 10.0. The standard InChI is InChI=1S/C10H17NO4/c1-7(12)5-11(6-8(2)13)10(3,4)9(14)15/h12-13H,1-2,5-6H2,3-4H3,(H,14,15). The lowest BCUT2D eigenvalue weighted by Crippen LogP contribution is -2.51. The maximum atomic E-state index is 11.0. The average molecular weight is 215 g/mol. The van der Waals surface area contributed by atoms with Gasteiger partial charge in [0.15, 0.2) is 0 Å². The van der Waals surface area contributed by atoms with Gasteiger partial charge in [-0.3, -0.25) is 9.69 Å². The van der Waals surface area contributed by atoms with Gasteiger partial charge in [-0.2, -0.15) is 0 Å². The third-order valence-corrected chi connectivity index (χ3v) is 2.06. The number of hydrogen-bond donors (Lipinski definition) is 3. The maximum Gasteiger partial charge on any atom is 0.323 e. The molecule has 0 spiro atoms. The number of hydrogen-bond acceptors (Lipinski definition) is 4. The van der Waals surface area contributed by atoms with E-state index in [-0.39, 0.29) is 24.6 Å². The van der Waals surface area contributed by atoms with Crippen LogP contribution in [0.4, 0.5) is 0 Å². The molecule has 0 aliphatic rings. The van der Waals surface area contributed by atoms with Gasteiger partial charge in [0.1, 0.15) is 5.54 Å². The monoisotopic (exact) mass is 215 g/mol. The van der Waals surface area contributed by atoms with Gasteiger partial charge in [-0.15, -0.1) is 0 Å². The first-order valence-electron chi connectivity index (χ1n) is 4.40. The van der Waals surface area contributed by atoms with Gasteiger partial charge >= 0.3 is 5.97 Å². The predicted octanol–water partition coefficient (Wildman–Crippen LogP) is 1.29. The Balaban J connectivity index is 4.83. The van der Waals surface area contributed by atoms with Crippen molar-refractivity contribution in [2.24, 2.45) is 0 Å². The molecule has 0 rings (SSSR count). The Labute approximate surface area is 88.9 Å². The molecule has 5 nitrogen and oxygen atoms in total. The van der Waals surface area contributed by atoms with Crippen molar-refractivity contribution in [1.29, 1.82) is 0 Å². The number of aliphatic hydroxyl groups excluding tert-OH is 2. The molecular formula is C10H17NO4. The number of aliphatic hydroxyl groups is 2. The van der Waals surface area contributed by atoms with Crippen LogP contribution in [0.5, 0.6) is 0 Å². The molecule has 0 radical (unpaired) electrons. The topological polar surface area (TPSA) is 81.0 Å². The Morgan fingerprint density at radius 3 is 1.67 bits per heavy atom. The SMILES string of the molecule is C=C(O)CN(CC(=C)O)C(C)(C)C(=O)O. The molecular weight excluding hydrogens is 198 g/mol. The minimum atomic E-state index is -1.21. The number of carbonyl (C=O) groups is 1. The van der Waals surface area contributed by atoms with Crippen LogP contribution in [-0.2, 0) is 4.79 Å². The molecule has 0 heterocycles. The van der Waals surface area contributed by atoms with Crippen molar-refractivity contribution in [1.82, 2.24) is 4.90 Å². The molecule has 0 saturated carbocycles. The Morgan fingerprint density at radius 2 is 1.47 bits per heavy atom. The van der Waals surface area contributed by atoms with E-state index in [0.717, 1.165) is 0 Å². The summed E-state index contributed by atoms with van der Waals surface area (Å²) in [7, 11) is 0. The lowest BCUT2D eigenvalue weighted by molar-refractivity contribution is -0.149. The fourth-order valence-electron chi connectivity index (χ4n) is 1.03. The average Bonchev–Trinajstić information content (AvgIpc) is 2.00. The van der Waals surface area contributed by atoms with Gasteiger partial charge in [0, 0.05) is 0 Å². The minimum absolute atomic E-state index is 0.0289. The van der Waals surface area contributed by atoms with Crippen molar-refractivity contribution in [2.45, 2.75) is 19.4 Å². The molecule has 0 aliphatic carbocycles. The van der Waals surface area contributed by atoms with Crippen LogP contribution in [0.3, 0.4) is 0 Å². The van der Waals surface area contributed by atoms with Crippen molar-refractivity contribution in [2.75, 3.05) is 13.1 Å². The second kappa shape index (κ2) is 4.84. The Morgan fingerprint density at radius 1 is 1.13 bits per heavy atom. The van der Waals surface area contributed by atoms with Crippen LogP contribution < -0.4 is 0 Å². The zero-order valence-electron chi connectivity index (χ0n) is 9.03. The highest BCUT2D eigenvalue weighted by Crippen LogP contribution is 2.16. The molecule has 0 aromatic carbocycles. The highest BCUT2D eigenvalue weighted by atomic mass is 16.4. The smallest absolute Gasteiger partial charge is 0.323 e. The normalized spacial score (nSPS) is 11.4. The van der Waals surface area contributed by atoms with Gasteiger partial charge < -0.3 is 15.3 Å². The Kier molecular flexibility index (Phi) is 4.36. The second-order valence-electron chi connectivity index (χ2n) is 3.85. The first-order chi connectivity index (χ1) is 6.67. The first-order valence-corrected chi connectivity index (χ1v) is 4.40. The van der Waals surface area contributed by atoms with Crippen molar-refractivity contribution < 1.29 is 20.1 Å². The highest BCUT2D eigenvalue weighted by Gasteiger charge is 2.35. The number of rotatable bonds is 6. The van der Waals surface area contributed by atoms with Crippen LogP contribution in [-0.4, -0.2) is 44.8 Å². The van der Waals surface area contributed by atoms with Crippen molar-refractivity contribution >= 4 is 5.97 Å². The molecule has 0 aromatic rings. The fourth-order valence-corrected chi connectivity index (χ4v) is 1.03. The summed E-state index contributed by atoms with van der Waals surface area (Å²) in [6.07, 6.45) is 0. The third kappa shape index (κ3) is 4.03. The molecule has 0 bridgehead atoms. The van der Waals surface area contributed by atoms with Crippen molar-refractivity contribution in [3.8, 4) is 0 Å². The minimum Gasteiger partial charge on any atom is -0.512 e. The summed E-state index contributed by atoms with van der Waals surface area (Å²) in [5.41, 5.74) is -1.21. The summed E-state index contributed by atoms with van der Waals surface area (Å²) in [5.74, 6) is -1.37. The quantitative estimate of drug-likeness (QED) is 0.582. The van der Waals surface area contributed by atoms with E-state index >= 15 is 0 Å². The summed E-state index contributed by atoms with van der Waals surface area (Å²) in [6, 6.07) is 0. The van der Waals surface area contributed by atoms with E-state index in [9.17, 15) is 4.79 Å². The van der Waals surface area contributed by atoms with E-state index in [2.05, 4.69) is 13.2 Å². The van der Waals surface area contributed by atoms with Gasteiger partial charge in [0.2, 0.25) is 0 Å². The molecule has 0 atom stereocenters. The zero-order valence-corrected chi connectivity index (χ0v) is 9.03. The largest absolute Gasteiger partial charge is 0.512 e. The van der Waals surface area contributed by atoms with Crippen LogP contribution in [0.1, 0.15) is 13.8 Å². The van der Waals surface area contributed by atoms with Crippen molar-refractivity contribution in [3.05, 3.63) is 24.7 Å². The molecule has 0 saturated heterocycles. The van der Waals surface area contributed by atoms with E-state index in [4.69, 9.17) is 15.3 Å². The van der Waals surface area contributed by atoms with E-state index in [0.29, 0.717) is 0 Å². The molecule has 0 fully saturated rings. The second-order valence-corrected chi connectivity index (χ2v) is 3.85. The van der Waals surface area contributed by atoms with E-state index in [1.807, 2.05) is 0 Å². The van der Waals surface area contributed by atoms with E-state index < -0.39 is 11.5 Å². The summed E-state index contributed by atoms with van der Waals surface area (Å²) in [5, 5.41) is 27.1. The van der Waals surface area contributed by atoms with Gasteiger partial charge in [0.05, 0.1) is 24.6 Å². The Hall–Kier alpha value is -1.49. The molecule has 0 amide bonds. The molecule has 3 N–H and O–H groups in total. The predicted molar refractivity (Wildman–Crippen MR) is 56.8 cm³/mol. The van der Waals surface area contributed by atoms with E-state index in [1.165, 1.54) is 18.7 Å². The molecule has 86 valence electrons. The number of aliphatic carboxylic acids is 1. The van der Waals surface area contributed by atoms with Crippen LogP contribution in [0.25, 0.3) is 0 Å². The summed E-state index contributed by atoms with van der Waals surface area (Å²) in [6.45, 7) is 9.46. The number of carboxylic acid groups (broad SMARTS) is 1. The van der Waals surface area contributed by atoms with Crippen LogP contribution >= 0.6 is 0 Å². The van der Waals surface area contributed by atoms with Crippen LogP contribution in [0.15, 0.2) is 24.7 Å². The molecule has 0 aromatic heterocycles. The Bertz CT molecular complexity index is 267.